The molecule has 1 N–H and O–H groups in total. The van der Waals surface area contributed by atoms with Crippen LogP contribution in [0.15, 0.2) is 50.3 Å². The first-order valence-corrected chi connectivity index (χ1v) is 11.5. The van der Waals surface area contributed by atoms with E-state index in [4.69, 9.17) is 10.1 Å². The maximum Gasteiger partial charge on any atom is 0.276 e. The summed E-state index contributed by atoms with van der Waals surface area (Å²) in [6, 6.07) is 11.8. The quantitative estimate of drug-likeness (QED) is 0.690. The molecular weight excluding hydrogens is 444 g/mol. The topological polar surface area (TPSA) is 57.1 Å². The van der Waals surface area contributed by atoms with Gasteiger partial charge in [0.2, 0.25) is 0 Å². The van der Waals surface area contributed by atoms with Crippen molar-refractivity contribution in [3.8, 4) is 0 Å². The van der Waals surface area contributed by atoms with E-state index in [2.05, 4.69) is 28.2 Å². The molecule has 0 radical (unpaired) electrons. The van der Waals surface area contributed by atoms with Gasteiger partial charge in [-0.2, -0.15) is 0 Å². The lowest BCUT2D eigenvalue weighted by molar-refractivity contribution is -0.116. The number of unbranched alkanes of at least 4 members (excludes halogenated alkanes) is 2. The summed E-state index contributed by atoms with van der Waals surface area (Å²) in [7, 11) is 0. The molecule has 0 spiro atoms. The third-order valence-electron chi connectivity index (χ3n) is 4.35. The van der Waals surface area contributed by atoms with Crippen LogP contribution in [0.4, 0.5) is 0 Å². The summed E-state index contributed by atoms with van der Waals surface area (Å²) in [5, 5.41) is 11.8. The molecule has 2 aliphatic heterocycles. The highest BCUT2D eigenvalue weighted by Gasteiger charge is 2.34. The summed E-state index contributed by atoms with van der Waals surface area (Å²) in [6.45, 7) is 2.18. The fourth-order valence-corrected chi connectivity index (χ4v) is 5.37. The highest BCUT2D eigenvalue weighted by atomic mass is 79.9. The van der Waals surface area contributed by atoms with Gasteiger partial charge in [0.05, 0.1) is 14.0 Å². The molecule has 0 fully saturated rings. The van der Waals surface area contributed by atoms with Crippen LogP contribution in [0.3, 0.4) is 0 Å². The number of benzene rings is 1. The second-order valence-corrected chi connectivity index (χ2v) is 9.85. The Morgan fingerprint density at radius 1 is 1.26 bits per heavy atom. The average Bonchev–Trinajstić information content (AvgIpc) is 3.10. The number of amidine groups is 1. The van der Waals surface area contributed by atoms with Crippen molar-refractivity contribution >= 4 is 55.8 Å². The Kier molecular flexibility index (Phi) is 5.66. The Morgan fingerprint density at radius 2 is 2.11 bits per heavy atom. The van der Waals surface area contributed by atoms with Crippen molar-refractivity contribution in [1.29, 1.82) is 0 Å². The van der Waals surface area contributed by atoms with Crippen molar-refractivity contribution in [3.05, 3.63) is 55.6 Å². The monoisotopic (exact) mass is 462 g/mol. The molecule has 27 heavy (non-hydrogen) atoms. The normalized spacial score (nSPS) is 18.4. The van der Waals surface area contributed by atoms with Gasteiger partial charge in [-0.25, -0.2) is 5.01 Å². The minimum atomic E-state index is -0.330. The van der Waals surface area contributed by atoms with Crippen LogP contribution >= 0.6 is 39.0 Å². The predicted octanol–water partition coefficient (Wildman–Crippen LogP) is 3.58. The minimum absolute atomic E-state index is 0.119. The first kappa shape index (κ1) is 18.7. The number of hydrogen-bond donors (Lipinski definition) is 1. The van der Waals surface area contributed by atoms with Crippen molar-refractivity contribution in [3.63, 3.8) is 0 Å². The van der Waals surface area contributed by atoms with E-state index in [0.717, 1.165) is 31.4 Å². The second-order valence-electron chi connectivity index (χ2n) is 6.27. The number of hydrogen-bond acceptors (Lipinski definition) is 6. The van der Waals surface area contributed by atoms with Crippen LogP contribution in [0.5, 0.6) is 0 Å². The molecule has 2 aromatic rings. The van der Waals surface area contributed by atoms with Gasteiger partial charge in [0.1, 0.15) is 5.70 Å². The second kappa shape index (κ2) is 8.16. The van der Waals surface area contributed by atoms with Crippen molar-refractivity contribution in [2.75, 3.05) is 5.75 Å². The number of hydrazone groups is 1. The van der Waals surface area contributed by atoms with E-state index in [9.17, 15) is 4.79 Å². The van der Waals surface area contributed by atoms with Crippen molar-refractivity contribution in [2.24, 2.45) is 10.1 Å². The maximum absolute atomic E-state index is 12.9. The summed E-state index contributed by atoms with van der Waals surface area (Å²) >= 11 is 6.73. The third kappa shape index (κ3) is 3.83. The molecule has 1 amide bonds. The molecule has 5 nitrogen and oxygen atoms in total. The predicted molar refractivity (Wildman–Crippen MR) is 115 cm³/mol. The number of thioether (sulfide) groups is 1. The Labute approximate surface area is 174 Å². The number of para-hydroxylation sites is 1. The molecule has 4 rings (SSSR count). The fourth-order valence-electron chi connectivity index (χ4n) is 3.07. The number of rotatable bonds is 5. The Morgan fingerprint density at radius 3 is 2.89 bits per heavy atom. The Hall–Kier alpha value is -1.64. The van der Waals surface area contributed by atoms with Crippen LogP contribution in [0.25, 0.3) is 5.70 Å². The molecule has 1 atom stereocenters. The van der Waals surface area contributed by atoms with Crippen LogP contribution in [0.1, 0.15) is 37.2 Å². The van der Waals surface area contributed by atoms with Crippen LogP contribution in [-0.4, -0.2) is 21.8 Å². The van der Waals surface area contributed by atoms with Gasteiger partial charge in [-0.15, -0.1) is 16.4 Å². The molecule has 3 heterocycles. The van der Waals surface area contributed by atoms with Crippen molar-refractivity contribution < 1.29 is 4.79 Å². The fraction of sp³-hybridized carbons (Fsp3) is 0.316. The number of fused-ring (bicyclic) bond motifs is 2. The van der Waals surface area contributed by atoms with Gasteiger partial charge in [-0.3, -0.25) is 15.1 Å². The van der Waals surface area contributed by atoms with Gasteiger partial charge in [-0.1, -0.05) is 49.7 Å². The highest BCUT2D eigenvalue weighted by molar-refractivity contribution is 9.11. The summed E-state index contributed by atoms with van der Waals surface area (Å²) in [5.74, 6) is 0.824. The largest absolute Gasteiger partial charge is 0.298 e. The molecular formula is C19H19BrN4OS2. The number of carbonyl (C=O) groups excluding carboxylic acids is 1. The molecule has 1 unspecified atom stereocenters. The zero-order valence-electron chi connectivity index (χ0n) is 14.8. The summed E-state index contributed by atoms with van der Waals surface area (Å²) in [5.41, 5.74) is 0.563. The van der Waals surface area contributed by atoms with Gasteiger partial charge in [-0.05, 0) is 40.5 Å². The average molecular weight is 463 g/mol. The molecule has 0 saturated carbocycles. The maximum atomic E-state index is 12.9. The Balaban J connectivity index is 1.76. The van der Waals surface area contributed by atoms with E-state index in [1.165, 1.54) is 12.8 Å². The lowest BCUT2D eigenvalue weighted by Crippen LogP contribution is -2.50. The molecule has 2 aliphatic rings. The first-order valence-electron chi connectivity index (χ1n) is 8.92. The first-order chi connectivity index (χ1) is 13.2. The number of amides is 1. The molecule has 140 valence electrons. The summed E-state index contributed by atoms with van der Waals surface area (Å²) in [6.07, 6.45) is 3.14. The lowest BCUT2D eigenvalue weighted by atomic mass is 10.1. The minimum Gasteiger partial charge on any atom is -0.298 e. The molecule has 1 aromatic heterocycles. The van der Waals surface area contributed by atoms with Gasteiger partial charge in [0.15, 0.2) is 11.3 Å². The number of carbonyl (C=O) groups is 1. The Bertz CT molecular complexity index is 1020. The van der Waals surface area contributed by atoms with Crippen LogP contribution in [0.2, 0.25) is 0 Å². The summed E-state index contributed by atoms with van der Waals surface area (Å²) in [4.78, 5) is 18.9. The summed E-state index contributed by atoms with van der Waals surface area (Å²) < 4.78 is 1.03. The highest BCUT2D eigenvalue weighted by Crippen LogP contribution is 2.35. The van der Waals surface area contributed by atoms with Crippen molar-refractivity contribution in [1.82, 2.24) is 10.3 Å². The van der Waals surface area contributed by atoms with Crippen LogP contribution < -0.4 is 15.9 Å². The number of nitrogens with one attached hydrogen (secondary N) is 1. The van der Waals surface area contributed by atoms with E-state index in [1.54, 1.807) is 28.1 Å². The number of nitrogens with zero attached hydrogens (tertiary/aromatic N) is 3. The third-order valence-corrected chi connectivity index (χ3v) is 6.96. The van der Waals surface area contributed by atoms with Crippen molar-refractivity contribution in [2.45, 2.75) is 32.4 Å². The van der Waals surface area contributed by atoms with Crippen LogP contribution in [-0.2, 0) is 4.79 Å². The van der Waals surface area contributed by atoms with E-state index < -0.39 is 0 Å². The van der Waals surface area contributed by atoms with Crippen LogP contribution in [0, 0.1) is 0 Å². The van der Waals surface area contributed by atoms with Gasteiger partial charge in [0, 0.05) is 11.0 Å². The SMILES string of the molecule is CCCCCSC1=NN2C(=c3ccccc3=NC2c2ccc(Br)s2)C(=O)N1. The molecule has 0 bridgehead atoms. The van der Waals surface area contributed by atoms with Gasteiger partial charge >= 0.3 is 0 Å². The van der Waals surface area contributed by atoms with Gasteiger partial charge in [0.25, 0.3) is 5.91 Å². The molecule has 1 aromatic carbocycles. The number of halogens is 1. The zero-order chi connectivity index (χ0) is 18.8. The molecule has 0 saturated heterocycles. The zero-order valence-corrected chi connectivity index (χ0v) is 18.0. The molecule has 8 heteroatoms. The van der Waals surface area contributed by atoms with Gasteiger partial charge < -0.3 is 0 Å². The van der Waals surface area contributed by atoms with E-state index in [1.807, 2.05) is 36.4 Å². The lowest BCUT2D eigenvalue weighted by Gasteiger charge is -2.33. The van der Waals surface area contributed by atoms with E-state index >= 15 is 0 Å². The van der Waals surface area contributed by atoms with E-state index in [0.29, 0.717) is 10.9 Å². The van der Waals surface area contributed by atoms with E-state index in [-0.39, 0.29) is 12.1 Å². The molecule has 0 aliphatic carbocycles. The number of thiophene rings is 1. The smallest absolute Gasteiger partial charge is 0.276 e. The standard InChI is InChI=1S/C19H19BrN4OS2/c1-2-3-6-11-26-19-22-18(25)16-12-7-4-5-8-13(12)21-17(24(16)23-19)14-9-10-15(20)27-14/h4-5,7-10,17H,2-3,6,11H2,1H3,(H,22,23,25).